The maximum atomic E-state index is 13.2. The molecule has 0 aliphatic carbocycles. The highest BCUT2D eigenvalue weighted by atomic mass is 32.1. The molecule has 170 valence electrons. The van der Waals surface area contributed by atoms with Gasteiger partial charge in [-0.05, 0) is 63.4 Å². The maximum Gasteiger partial charge on any atom is 0.416 e. The number of rotatable bonds is 3. The van der Waals surface area contributed by atoms with Gasteiger partial charge in [0.25, 0.3) is 0 Å². The minimum Gasteiger partial charge on any atom is -0.236 e. The lowest BCUT2D eigenvalue weighted by molar-refractivity contribution is -0.137. The summed E-state index contributed by atoms with van der Waals surface area (Å²) >= 11 is 1.67. The Kier molecular flexibility index (Phi) is 5.15. The van der Waals surface area contributed by atoms with Gasteiger partial charge in [0.15, 0.2) is 0 Å². The van der Waals surface area contributed by atoms with Gasteiger partial charge in [0.1, 0.15) is 5.01 Å². The number of halogens is 3. The summed E-state index contributed by atoms with van der Waals surface area (Å²) < 4.78 is 40.9. The highest BCUT2D eigenvalue weighted by Gasteiger charge is 2.30. The summed E-state index contributed by atoms with van der Waals surface area (Å²) in [7, 11) is 0. The zero-order valence-electron chi connectivity index (χ0n) is 18.4. The fraction of sp³-hybridized carbons (Fsp3) is 0.0333. The molecule has 0 saturated heterocycles. The van der Waals surface area contributed by atoms with Crippen LogP contribution in [0.3, 0.4) is 0 Å². The average Bonchev–Trinajstić information content (AvgIpc) is 3.32. The van der Waals surface area contributed by atoms with E-state index in [4.69, 9.17) is 4.98 Å². The number of para-hydroxylation sites is 1. The first-order chi connectivity index (χ1) is 17.0. The van der Waals surface area contributed by atoms with Crippen LogP contribution in [0.1, 0.15) is 5.56 Å². The second-order valence-electron chi connectivity index (χ2n) is 8.35. The highest BCUT2D eigenvalue weighted by molar-refractivity contribution is 7.21. The first-order valence-corrected chi connectivity index (χ1v) is 11.9. The van der Waals surface area contributed by atoms with Crippen LogP contribution in [0.4, 0.5) is 13.2 Å². The van der Waals surface area contributed by atoms with Crippen LogP contribution >= 0.6 is 11.3 Å². The van der Waals surface area contributed by atoms with Crippen molar-refractivity contribution in [2.75, 3.05) is 0 Å². The third-order valence-electron chi connectivity index (χ3n) is 6.15. The highest BCUT2D eigenvalue weighted by Crippen LogP contribution is 2.39. The quantitative estimate of drug-likeness (QED) is 0.245. The largest absolute Gasteiger partial charge is 0.416 e. The molecule has 0 unspecified atom stereocenters. The third-order valence-corrected chi connectivity index (χ3v) is 7.21. The second-order valence-corrected chi connectivity index (χ2v) is 9.38. The lowest BCUT2D eigenvalue weighted by Gasteiger charge is -2.13. The summed E-state index contributed by atoms with van der Waals surface area (Å²) in [5, 5.41) is 3.13. The SMILES string of the molecule is FC(F)(F)c1cccc(-c2cccc(-c3ccc(-c4nc5ccccc5s4)c4ccccc34)c2)c1. The lowest BCUT2D eigenvalue weighted by Crippen LogP contribution is -2.04. The molecule has 5 aromatic carbocycles. The smallest absolute Gasteiger partial charge is 0.236 e. The van der Waals surface area contributed by atoms with Crippen LogP contribution < -0.4 is 0 Å². The molecule has 0 saturated carbocycles. The van der Waals surface area contributed by atoms with E-state index in [2.05, 4.69) is 30.3 Å². The van der Waals surface area contributed by atoms with Crippen molar-refractivity contribution >= 4 is 32.3 Å². The molecule has 6 rings (SSSR count). The summed E-state index contributed by atoms with van der Waals surface area (Å²) in [6, 6.07) is 33.6. The molecule has 0 amide bonds. The van der Waals surface area contributed by atoms with Crippen molar-refractivity contribution < 1.29 is 13.2 Å². The molecule has 0 aliphatic heterocycles. The van der Waals surface area contributed by atoms with Crippen molar-refractivity contribution in [1.82, 2.24) is 4.98 Å². The van der Waals surface area contributed by atoms with Crippen molar-refractivity contribution in [3.05, 3.63) is 115 Å². The van der Waals surface area contributed by atoms with E-state index in [-0.39, 0.29) is 0 Å². The van der Waals surface area contributed by atoms with Crippen LogP contribution in [0.15, 0.2) is 109 Å². The van der Waals surface area contributed by atoms with E-state index in [0.717, 1.165) is 54.3 Å². The summed E-state index contributed by atoms with van der Waals surface area (Å²) in [5.74, 6) is 0. The third kappa shape index (κ3) is 3.98. The monoisotopic (exact) mass is 481 g/mol. The van der Waals surface area contributed by atoms with Crippen molar-refractivity contribution in [2.45, 2.75) is 6.18 Å². The van der Waals surface area contributed by atoms with Crippen LogP contribution in [-0.2, 0) is 6.18 Å². The number of hydrogen-bond donors (Lipinski definition) is 0. The van der Waals surface area contributed by atoms with Crippen molar-refractivity contribution in [3.8, 4) is 32.8 Å². The fourth-order valence-electron chi connectivity index (χ4n) is 4.47. The number of nitrogens with zero attached hydrogens (tertiary/aromatic N) is 1. The van der Waals surface area contributed by atoms with E-state index in [1.165, 1.54) is 12.1 Å². The van der Waals surface area contributed by atoms with Crippen LogP contribution in [0.2, 0.25) is 0 Å². The van der Waals surface area contributed by atoms with Crippen molar-refractivity contribution in [3.63, 3.8) is 0 Å². The summed E-state index contributed by atoms with van der Waals surface area (Å²) in [5.41, 5.74) is 4.66. The van der Waals surface area contributed by atoms with Crippen LogP contribution in [0, 0.1) is 0 Å². The average molecular weight is 482 g/mol. The number of aromatic nitrogens is 1. The zero-order valence-corrected chi connectivity index (χ0v) is 19.2. The molecular formula is C30H18F3NS. The van der Waals surface area contributed by atoms with Gasteiger partial charge in [-0.15, -0.1) is 11.3 Å². The zero-order chi connectivity index (χ0) is 24.0. The Labute approximate surface area is 204 Å². The normalized spacial score (nSPS) is 11.9. The van der Waals surface area contributed by atoms with Gasteiger partial charge < -0.3 is 0 Å². The van der Waals surface area contributed by atoms with Crippen LogP contribution in [-0.4, -0.2) is 4.98 Å². The number of thiazole rings is 1. The fourth-order valence-corrected chi connectivity index (χ4v) is 5.47. The van der Waals surface area contributed by atoms with E-state index < -0.39 is 11.7 Å². The minimum atomic E-state index is -4.37. The van der Waals surface area contributed by atoms with Crippen molar-refractivity contribution in [1.29, 1.82) is 0 Å². The Morgan fingerprint density at radius 2 is 1.20 bits per heavy atom. The molecule has 0 radical (unpaired) electrons. The van der Waals surface area contributed by atoms with Gasteiger partial charge in [-0.1, -0.05) is 78.9 Å². The van der Waals surface area contributed by atoms with E-state index in [1.54, 1.807) is 17.4 Å². The summed E-state index contributed by atoms with van der Waals surface area (Å²) in [4.78, 5) is 4.84. The van der Waals surface area contributed by atoms with Gasteiger partial charge in [-0.3, -0.25) is 0 Å². The molecule has 0 fully saturated rings. The molecule has 0 spiro atoms. The van der Waals surface area contributed by atoms with Gasteiger partial charge in [-0.25, -0.2) is 4.98 Å². The van der Waals surface area contributed by atoms with E-state index >= 15 is 0 Å². The van der Waals surface area contributed by atoms with Gasteiger partial charge in [0.05, 0.1) is 15.8 Å². The van der Waals surface area contributed by atoms with Crippen molar-refractivity contribution in [2.24, 2.45) is 0 Å². The topological polar surface area (TPSA) is 12.9 Å². The van der Waals surface area contributed by atoms with E-state index in [9.17, 15) is 13.2 Å². The van der Waals surface area contributed by atoms with Gasteiger partial charge >= 0.3 is 6.18 Å². The van der Waals surface area contributed by atoms with Crippen LogP contribution in [0.25, 0.3) is 53.8 Å². The molecule has 0 aliphatic rings. The van der Waals surface area contributed by atoms with E-state index in [1.807, 2.05) is 54.6 Å². The number of hydrogen-bond acceptors (Lipinski definition) is 2. The van der Waals surface area contributed by atoms with Gasteiger partial charge in [0, 0.05) is 5.56 Å². The Morgan fingerprint density at radius 3 is 1.97 bits per heavy atom. The Bertz CT molecular complexity index is 1660. The molecule has 0 bridgehead atoms. The number of benzene rings is 5. The first-order valence-electron chi connectivity index (χ1n) is 11.1. The molecule has 0 atom stereocenters. The minimum absolute atomic E-state index is 0.539. The maximum absolute atomic E-state index is 13.2. The van der Waals surface area contributed by atoms with Gasteiger partial charge in [-0.2, -0.15) is 13.2 Å². The van der Waals surface area contributed by atoms with E-state index in [0.29, 0.717) is 5.56 Å². The predicted molar refractivity (Wildman–Crippen MR) is 138 cm³/mol. The Balaban J connectivity index is 1.48. The first kappa shape index (κ1) is 21.6. The molecule has 0 N–H and O–H groups in total. The Hall–Kier alpha value is -3.96. The number of fused-ring (bicyclic) bond motifs is 2. The Morgan fingerprint density at radius 1 is 0.571 bits per heavy atom. The molecule has 1 heterocycles. The number of alkyl halides is 3. The molecular weight excluding hydrogens is 463 g/mol. The molecule has 1 aromatic heterocycles. The standard InChI is InChI=1S/C30H18F3NS/c31-30(32,33)22-10-6-8-20(18-22)19-7-5-9-21(17-19)23-15-16-26(25-12-2-1-11-24(23)25)29-34-27-13-3-4-14-28(27)35-29/h1-18H. The molecule has 35 heavy (non-hydrogen) atoms. The second kappa shape index (κ2) is 8.36. The lowest BCUT2D eigenvalue weighted by atomic mass is 9.93. The summed E-state index contributed by atoms with van der Waals surface area (Å²) in [6.45, 7) is 0. The molecule has 5 heteroatoms. The van der Waals surface area contributed by atoms with Crippen LogP contribution in [0.5, 0.6) is 0 Å². The molecule has 1 nitrogen and oxygen atoms in total. The van der Waals surface area contributed by atoms with Gasteiger partial charge in [0.2, 0.25) is 0 Å². The summed E-state index contributed by atoms with van der Waals surface area (Å²) in [6.07, 6.45) is -4.37. The molecule has 6 aromatic rings. The predicted octanol–water partition coefficient (Wildman–Crippen LogP) is 9.47.